The number of amides is 1. The fourth-order valence-corrected chi connectivity index (χ4v) is 4.51. The Morgan fingerprint density at radius 2 is 1.55 bits per heavy atom. The monoisotopic (exact) mass is 431 g/mol. The molecule has 0 unspecified atom stereocenters. The molecule has 1 amide bonds. The van der Waals surface area contributed by atoms with Crippen molar-refractivity contribution in [1.82, 2.24) is 15.1 Å². The van der Waals surface area contributed by atoms with Crippen LogP contribution in [0.2, 0.25) is 0 Å². The molecule has 4 rings (SSSR count). The van der Waals surface area contributed by atoms with Gasteiger partial charge in [-0.15, -0.1) is 0 Å². The van der Waals surface area contributed by atoms with Gasteiger partial charge in [0.25, 0.3) is 5.91 Å². The summed E-state index contributed by atoms with van der Waals surface area (Å²) < 4.78 is 0. The number of hydrogen-bond acceptors (Lipinski definition) is 4. The van der Waals surface area contributed by atoms with E-state index in [4.69, 9.17) is 12.2 Å². The minimum atomic E-state index is -0.0369. The number of allylic oxidation sites excluding steroid dienone is 2. The molecule has 1 N–H and O–H groups in total. The normalized spacial score (nSPS) is 17.6. The number of carbonyl (C=O) groups excluding carboxylic acids is 1. The molecule has 1 heterocycles. The van der Waals surface area contributed by atoms with Crippen LogP contribution in [0.1, 0.15) is 23.6 Å². The van der Waals surface area contributed by atoms with Crippen molar-refractivity contribution in [3.05, 3.63) is 95.6 Å². The molecule has 1 saturated heterocycles. The second kappa shape index (κ2) is 10.6. The molecule has 5 heteroatoms. The van der Waals surface area contributed by atoms with E-state index >= 15 is 0 Å². The van der Waals surface area contributed by atoms with Crippen molar-refractivity contribution in [3.63, 3.8) is 0 Å². The van der Waals surface area contributed by atoms with Gasteiger partial charge in [-0.2, -0.15) is 0 Å². The highest BCUT2D eigenvalue weighted by Gasteiger charge is 2.26. The Morgan fingerprint density at radius 3 is 2.13 bits per heavy atom. The SMILES string of the molecule is O=C(NCCN1CCN(C(c2ccccc2)c2ccccc2)CC1)C1=CC(=S)CC=C1. The molecule has 0 atom stereocenters. The summed E-state index contributed by atoms with van der Waals surface area (Å²) in [7, 11) is 0. The first-order valence-corrected chi connectivity index (χ1v) is 11.4. The highest BCUT2D eigenvalue weighted by Crippen LogP contribution is 2.29. The minimum Gasteiger partial charge on any atom is -0.351 e. The summed E-state index contributed by atoms with van der Waals surface area (Å²) in [6.07, 6.45) is 6.36. The van der Waals surface area contributed by atoms with Crippen molar-refractivity contribution >= 4 is 23.0 Å². The zero-order chi connectivity index (χ0) is 21.5. The first-order chi connectivity index (χ1) is 15.2. The van der Waals surface area contributed by atoms with Crippen molar-refractivity contribution in [2.75, 3.05) is 39.3 Å². The largest absolute Gasteiger partial charge is 0.351 e. The molecule has 0 aromatic heterocycles. The summed E-state index contributed by atoms with van der Waals surface area (Å²) >= 11 is 5.20. The second-order valence-corrected chi connectivity index (χ2v) is 8.55. The van der Waals surface area contributed by atoms with Gasteiger partial charge in [0.1, 0.15) is 0 Å². The zero-order valence-corrected chi connectivity index (χ0v) is 18.6. The summed E-state index contributed by atoms with van der Waals surface area (Å²) in [5, 5.41) is 3.03. The van der Waals surface area contributed by atoms with Gasteiger partial charge in [-0.25, -0.2) is 0 Å². The Bertz CT molecular complexity index is 908. The predicted octanol–water partition coefficient (Wildman–Crippen LogP) is 3.77. The molecule has 2 aliphatic rings. The third kappa shape index (κ3) is 5.76. The lowest BCUT2D eigenvalue weighted by Crippen LogP contribution is -2.49. The van der Waals surface area contributed by atoms with E-state index in [1.807, 2.05) is 12.2 Å². The zero-order valence-electron chi connectivity index (χ0n) is 17.7. The van der Waals surface area contributed by atoms with Crippen LogP contribution >= 0.6 is 12.2 Å². The third-order valence-corrected chi connectivity index (χ3v) is 6.20. The van der Waals surface area contributed by atoms with Crippen molar-refractivity contribution in [2.24, 2.45) is 0 Å². The third-order valence-electron chi connectivity index (χ3n) is 5.91. The van der Waals surface area contributed by atoms with Crippen LogP contribution < -0.4 is 5.32 Å². The number of rotatable bonds is 7. The van der Waals surface area contributed by atoms with Gasteiger partial charge in [0, 0.05) is 56.1 Å². The molecular formula is C26H29N3OS. The molecule has 0 spiro atoms. The number of hydrogen-bond donors (Lipinski definition) is 1. The van der Waals surface area contributed by atoms with Crippen molar-refractivity contribution in [1.29, 1.82) is 0 Å². The van der Waals surface area contributed by atoms with Crippen LogP contribution in [0, 0.1) is 0 Å². The summed E-state index contributed by atoms with van der Waals surface area (Å²) in [5.41, 5.74) is 3.33. The van der Waals surface area contributed by atoms with E-state index in [0.717, 1.165) is 44.0 Å². The van der Waals surface area contributed by atoms with Crippen LogP contribution in [0.15, 0.2) is 84.5 Å². The van der Waals surface area contributed by atoms with Crippen LogP contribution in [0.25, 0.3) is 0 Å². The number of nitrogens with one attached hydrogen (secondary N) is 1. The molecule has 160 valence electrons. The molecule has 4 nitrogen and oxygen atoms in total. The fraction of sp³-hybridized carbons (Fsp3) is 0.308. The molecule has 2 aromatic rings. The van der Waals surface area contributed by atoms with Gasteiger partial charge in [0.15, 0.2) is 0 Å². The van der Waals surface area contributed by atoms with Gasteiger partial charge < -0.3 is 5.32 Å². The maximum absolute atomic E-state index is 12.3. The van der Waals surface area contributed by atoms with Crippen LogP contribution in [0.3, 0.4) is 0 Å². The van der Waals surface area contributed by atoms with Gasteiger partial charge >= 0.3 is 0 Å². The topological polar surface area (TPSA) is 35.6 Å². The number of piperazine rings is 1. The summed E-state index contributed by atoms with van der Waals surface area (Å²) in [6.45, 7) is 5.52. The molecule has 0 radical (unpaired) electrons. The average Bonchev–Trinajstić information content (AvgIpc) is 2.82. The fourth-order valence-electron chi connectivity index (χ4n) is 4.28. The molecule has 0 bridgehead atoms. The lowest BCUT2D eigenvalue weighted by molar-refractivity contribution is -0.117. The Hall–Kier alpha value is -2.60. The Morgan fingerprint density at radius 1 is 0.935 bits per heavy atom. The molecule has 0 saturated carbocycles. The van der Waals surface area contributed by atoms with Crippen LogP contribution in [0.4, 0.5) is 0 Å². The Labute approximate surface area is 190 Å². The van der Waals surface area contributed by atoms with E-state index in [1.54, 1.807) is 6.08 Å². The Kier molecular flexibility index (Phi) is 7.41. The number of carbonyl (C=O) groups is 1. The summed E-state index contributed by atoms with van der Waals surface area (Å²) in [5.74, 6) is -0.0369. The molecule has 2 aromatic carbocycles. The first kappa shape index (κ1) is 21.6. The molecule has 1 aliphatic carbocycles. The minimum absolute atomic E-state index is 0.0369. The highest BCUT2D eigenvalue weighted by atomic mass is 32.1. The summed E-state index contributed by atoms with van der Waals surface area (Å²) in [4.78, 5) is 18.1. The predicted molar refractivity (Wildman–Crippen MR) is 130 cm³/mol. The van der Waals surface area contributed by atoms with E-state index in [9.17, 15) is 4.79 Å². The lowest BCUT2D eigenvalue weighted by Gasteiger charge is -2.39. The van der Waals surface area contributed by atoms with Crippen LogP contribution in [0.5, 0.6) is 0 Å². The van der Waals surface area contributed by atoms with Gasteiger partial charge in [-0.05, 0) is 17.2 Å². The van der Waals surface area contributed by atoms with E-state index < -0.39 is 0 Å². The first-order valence-electron chi connectivity index (χ1n) is 11.0. The van der Waals surface area contributed by atoms with Gasteiger partial charge in [0.05, 0.1) is 6.04 Å². The summed E-state index contributed by atoms with van der Waals surface area (Å²) in [6, 6.07) is 21.8. The van der Waals surface area contributed by atoms with E-state index in [-0.39, 0.29) is 11.9 Å². The van der Waals surface area contributed by atoms with E-state index in [0.29, 0.717) is 12.1 Å². The maximum Gasteiger partial charge on any atom is 0.251 e. The highest BCUT2D eigenvalue weighted by molar-refractivity contribution is 7.80. The van der Waals surface area contributed by atoms with Crippen LogP contribution in [-0.2, 0) is 4.79 Å². The van der Waals surface area contributed by atoms with Crippen molar-refractivity contribution in [2.45, 2.75) is 12.5 Å². The van der Waals surface area contributed by atoms with Gasteiger partial charge in [-0.3, -0.25) is 14.6 Å². The smallest absolute Gasteiger partial charge is 0.251 e. The lowest BCUT2D eigenvalue weighted by atomic mass is 9.96. The standard InChI is InChI=1S/C26H29N3OS/c30-26(23-12-7-13-24(31)20-23)27-14-15-28-16-18-29(19-17-28)25(21-8-3-1-4-9-21)22-10-5-2-6-11-22/h1-12,20,25H,13-19H2,(H,27,30). The average molecular weight is 432 g/mol. The number of nitrogens with zero attached hydrogens (tertiary/aromatic N) is 2. The van der Waals surface area contributed by atoms with Gasteiger partial charge in [-0.1, -0.05) is 85.0 Å². The number of benzene rings is 2. The molecular weight excluding hydrogens is 402 g/mol. The maximum atomic E-state index is 12.3. The molecule has 1 fully saturated rings. The molecule has 31 heavy (non-hydrogen) atoms. The van der Waals surface area contributed by atoms with Crippen molar-refractivity contribution in [3.8, 4) is 0 Å². The van der Waals surface area contributed by atoms with Crippen molar-refractivity contribution < 1.29 is 4.79 Å². The quantitative estimate of drug-likeness (QED) is 0.677. The molecule has 1 aliphatic heterocycles. The van der Waals surface area contributed by atoms with E-state index in [1.165, 1.54) is 11.1 Å². The van der Waals surface area contributed by atoms with E-state index in [2.05, 4.69) is 75.8 Å². The van der Waals surface area contributed by atoms with Gasteiger partial charge in [0.2, 0.25) is 0 Å². The van der Waals surface area contributed by atoms with Crippen LogP contribution in [-0.4, -0.2) is 59.8 Å². The Balaban J connectivity index is 1.30. The second-order valence-electron chi connectivity index (χ2n) is 8.03. The number of thiocarbonyl (C=S) groups is 1.